The summed E-state index contributed by atoms with van der Waals surface area (Å²) in [7, 11) is 0. The van der Waals surface area contributed by atoms with E-state index in [1.54, 1.807) is 0 Å². The summed E-state index contributed by atoms with van der Waals surface area (Å²) >= 11 is 0. The predicted molar refractivity (Wildman–Crippen MR) is 117 cm³/mol. The normalized spacial score (nSPS) is 13.0. The van der Waals surface area contributed by atoms with Gasteiger partial charge in [-0.3, -0.25) is 0 Å². The van der Waals surface area contributed by atoms with Crippen LogP contribution in [0.2, 0.25) is 0 Å². The molecule has 0 aliphatic carbocycles. The van der Waals surface area contributed by atoms with Crippen molar-refractivity contribution in [3.05, 3.63) is 72.1 Å². The van der Waals surface area contributed by atoms with Gasteiger partial charge < -0.3 is 16.4 Å². The van der Waals surface area contributed by atoms with Gasteiger partial charge in [-0.05, 0) is 37.2 Å². The topological polar surface area (TPSA) is 80.8 Å². The fraction of sp³-hybridized carbons (Fsp3) is 0.217. The molecule has 0 amide bonds. The highest BCUT2D eigenvalue weighted by Crippen LogP contribution is 2.29. The molecular formula is C23H24N6. The largest absolute Gasteiger partial charge is 0.384 e. The van der Waals surface area contributed by atoms with Crippen LogP contribution in [0.15, 0.2) is 60.8 Å². The number of aromatic nitrogens is 3. The molecule has 0 saturated heterocycles. The summed E-state index contributed by atoms with van der Waals surface area (Å²) in [4.78, 5) is 4.88. The summed E-state index contributed by atoms with van der Waals surface area (Å²) in [5.74, 6) is 0. The molecule has 0 unspecified atom stereocenters. The standard InChI is InChI=1S/C23H24N6/c24-10-3-11-26-22-12-21(27-20-5-2-1-4-19(20)22)16-6-8-18(9-7-16)29-15-17-13-25-14-23(17)28-29/h1-2,4-9,12,15,25H,3,10-11,13-14,24H2,(H,26,27). The Hall–Kier alpha value is -3.22. The highest BCUT2D eigenvalue weighted by atomic mass is 15.3. The van der Waals surface area contributed by atoms with Crippen molar-refractivity contribution in [1.82, 2.24) is 20.1 Å². The quantitative estimate of drug-likeness (QED) is 0.444. The number of fused-ring (bicyclic) bond motifs is 2. The molecule has 5 rings (SSSR count). The average Bonchev–Trinajstić information content (AvgIpc) is 3.36. The molecule has 146 valence electrons. The fourth-order valence-electron chi connectivity index (χ4n) is 3.77. The first-order valence-corrected chi connectivity index (χ1v) is 10.0. The lowest BCUT2D eigenvalue weighted by Crippen LogP contribution is -2.09. The number of para-hydroxylation sites is 1. The van der Waals surface area contributed by atoms with E-state index < -0.39 is 0 Å². The zero-order valence-electron chi connectivity index (χ0n) is 16.2. The van der Waals surface area contributed by atoms with E-state index in [9.17, 15) is 0 Å². The van der Waals surface area contributed by atoms with Crippen LogP contribution in [0.25, 0.3) is 27.8 Å². The molecule has 0 saturated carbocycles. The van der Waals surface area contributed by atoms with Gasteiger partial charge in [0.2, 0.25) is 0 Å². The van der Waals surface area contributed by atoms with Crippen molar-refractivity contribution in [2.75, 3.05) is 18.4 Å². The first-order valence-electron chi connectivity index (χ1n) is 10.0. The number of rotatable bonds is 6. The smallest absolute Gasteiger partial charge is 0.0811 e. The van der Waals surface area contributed by atoms with E-state index in [2.05, 4.69) is 64.4 Å². The molecule has 4 aromatic rings. The average molecular weight is 384 g/mol. The molecule has 1 aliphatic rings. The van der Waals surface area contributed by atoms with E-state index in [1.165, 1.54) is 5.56 Å². The maximum absolute atomic E-state index is 5.65. The van der Waals surface area contributed by atoms with Gasteiger partial charge in [0.05, 0.1) is 22.6 Å². The Kier molecular flexibility index (Phi) is 4.71. The molecule has 1 aliphatic heterocycles. The van der Waals surface area contributed by atoms with Crippen LogP contribution in [0.5, 0.6) is 0 Å². The van der Waals surface area contributed by atoms with Gasteiger partial charge in [0.25, 0.3) is 0 Å². The molecule has 29 heavy (non-hydrogen) atoms. The molecular weight excluding hydrogens is 360 g/mol. The fourth-order valence-corrected chi connectivity index (χ4v) is 3.77. The van der Waals surface area contributed by atoms with Crippen LogP contribution < -0.4 is 16.4 Å². The van der Waals surface area contributed by atoms with Crippen LogP contribution in [0.4, 0.5) is 5.69 Å². The molecule has 0 spiro atoms. The van der Waals surface area contributed by atoms with Crippen LogP contribution >= 0.6 is 0 Å². The Morgan fingerprint density at radius 1 is 1.07 bits per heavy atom. The summed E-state index contributed by atoms with van der Waals surface area (Å²) in [6, 6.07) is 18.8. The lowest BCUT2D eigenvalue weighted by atomic mass is 10.1. The SMILES string of the molecule is NCCCNc1cc(-c2ccc(-n3cc4c(n3)CNC4)cc2)nc2ccccc12. The Balaban J connectivity index is 1.48. The summed E-state index contributed by atoms with van der Waals surface area (Å²) in [6.07, 6.45) is 3.04. The number of nitrogens with zero attached hydrogens (tertiary/aromatic N) is 3. The minimum Gasteiger partial charge on any atom is -0.384 e. The third-order valence-electron chi connectivity index (χ3n) is 5.33. The van der Waals surface area contributed by atoms with Crippen LogP contribution in [0.3, 0.4) is 0 Å². The van der Waals surface area contributed by atoms with Gasteiger partial charge in [0, 0.05) is 48.0 Å². The van der Waals surface area contributed by atoms with Crippen molar-refractivity contribution in [2.45, 2.75) is 19.5 Å². The highest BCUT2D eigenvalue weighted by Gasteiger charge is 2.15. The zero-order valence-corrected chi connectivity index (χ0v) is 16.2. The Labute approximate surface area is 169 Å². The lowest BCUT2D eigenvalue weighted by Gasteiger charge is -2.12. The number of nitrogens with one attached hydrogen (secondary N) is 2. The monoisotopic (exact) mass is 384 g/mol. The lowest BCUT2D eigenvalue weighted by molar-refractivity contribution is 0.721. The highest BCUT2D eigenvalue weighted by molar-refractivity contribution is 5.93. The summed E-state index contributed by atoms with van der Waals surface area (Å²) in [6.45, 7) is 3.27. The second-order valence-corrected chi connectivity index (χ2v) is 7.34. The predicted octanol–water partition coefficient (Wildman–Crippen LogP) is 3.45. The molecule has 0 bridgehead atoms. The van der Waals surface area contributed by atoms with Gasteiger partial charge in [-0.1, -0.05) is 30.3 Å². The molecule has 2 aromatic heterocycles. The second-order valence-electron chi connectivity index (χ2n) is 7.34. The van der Waals surface area contributed by atoms with Crippen LogP contribution in [0.1, 0.15) is 17.7 Å². The van der Waals surface area contributed by atoms with Crippen molar-refractivity contribution >= 4 is 16.6 Å². The van der Waals surface area contributed by atoms with Gasteiger partial charge in [-0.15, -0.1) is 0 Å². The van der Waals surface area contributed by atoms with Crippen LogP contribution in [0, 0.1) is 0 Å². The Bertz CT molecular complexity index is 1120. The maximum atomic E-state index is 5.65. The molecule has 3 heterocycles. The minimum absolute atomic E-state index is 0.678. The third kappa shape index (κ3) is 3.48. The number of benzene rings is 2. The third-order valence-corrected chi connectivity index (χ3v) is 5.33. The molecule has 2 aromatic carbocycles. The Morgan fingerprint density at radius 3 is 2.76 bits per heavy atom. The van der Waals surface area contributed by atoms with E-state index in [-0.39, 0.29) is 0 Å². The number of pyridine rings is 1. The van der Waals surface area contributed by atoms with E-state index in [0.29, 0.717) is 6.54 Å². The van der Waals surface area contributed by atoms with E-state index in [4.69, 9.17) is 10.7 Å². The van der Waals surface area contributed by atoms with Crippen LogP contribution in [-0.2, 0) is 13.1 Å². The molecule has 4 N–H and O–H groups in total. The molecule has 6 heteroatoms. The number of nitrogens with two attached hydrogens (primary N) is 1. The maximum Gasteiger partial charge on any atom is 0.0811 e. The molecule has 0 fully saturated rings. The van der Waals surface area contributed by atoms with Gasteiger partial charge in [-0.25, -0.2) is 9.67 Å². The van der Waals surface area contributed by atoms with Crippen LogP contribution in [-0.4, -0.2) is 27.9 Å². The first-order chi connectivity index (χ1) is 14.3. The van der Waals surface area contributed by atoms with Gasteiger partial charge in [0.1, 0.15) is 0 Å². The van der Waals surface area contributed by atoms with Crippen molar-refractivity contribution in [3.8, 4) is 16.9 Å². The summed E-state index contributed by atoms with van der Waals surface area (Å²) < 4.78 is 1.96. The van der Waals surface area contributed by atoms with Gasteiger partial charge >= 0.3 is 0 Å². The van der Waals surface area contributed by atoms with E-state index in [1.807, 2.05) is 16.8 Å². The molecule has 0 radical (unpaired) electrons. The first kappa shape index (κ1) is 17.8. The molecule has 6 nitrogen and oxygen atoms in total. The van der Waals surface area contributed by atoms with Crippen molar-refractivity contribution in [1.29, 1.82) is 0 Å². The van der Waals surface area contributed by atoms with Gasteiger partial charge in [-0.2, -0.15) is 5.10 Å². The van der Waals surface area contributed by atoms with E-state index >= 15 is 0 Å². The second kappa shape index (κ2) is 7.66. The van der Waals surface area contributed by atoms with Crippen molar-refractivity contribution in [3.63, 3.8) is 0 Å². The van der Waals surface area contributed by atoms with Gasteiger partial charge in [0.15, 0.2) is 0 Å². The summed E-state index contributed by atoms with van der Waals surface area (Å²) in [5, 5.41) is 12.6. The number of hydrogen-bond acceptors (Lipinski definition) is 5. The molecule has 0 atom stereocenters. The van der Waals surface area contributed by atoms with E-state index in [0.717, 1.165) is 65.3 Å². The van der Waals surface area contributed by atoms with Crippen molar-refractivity contribution < 1.29 is 0 Å². The van der Waals surface area contributed by atoms with Crippen molar-refractivity contribution in [2.24, 2.45) is 5.73 Å². The summed E-state index contributed by atoms with van der Waals surface area (Å²) in [5.41, 5.74) is 13.2. The zero-order chi connectivity index (χ0) is 19.6. The number of anilines is 1. The Morgan fingerprint density at radius 2 is 1.93 bits per heavy atom. The number of hydrogen-bond donors (Lipinski definition) is 3. The minimum atomic E-state index is 0.678.